The van der Waals surface area contributed by atoms with Crippen molar-refractivity contribution in [3.05, 3.63) is 51.6 Å². The van der Waals surface area contributed by atoms with Crippen molar-refractivity contribution in [1.82, 2.24) is 14.9 Å². The Morgan fingerprint density at radius 2 is 2.03 bits per heavy atom. The number of hydrogen-bond acceptors (Lipinski definition) is 6. The summed E-state index contributed by atoms with van der Waals surface area (Å²) in [6.07, 6.45) is 1.73. The topological polar surface area (TPSA) is 88.4 Å². The smallest absolute Gasteiger partial charge is 0.340 e. The van der Waals surface area contributed by atoms with Gasteiger partial charge in [0.15, 0.2) is 17.3 Å². The molecule has 1 aliphatic rings. The molecule has 1 aliphatic heterocycles. The lowest BCUT2D eigenvalue weighted by atomic mass is 9.96. The Bertz CT molecular complexity index is 1130. The molecule has 0 unspecified atom stereocenters. The van der Waals surface area contributed by atoms with Gasteiger partial charge < -0.3 is 14.1 Å². The SMILES string of the molecule is CCOC(=O)c1c(C)[nH]c(C(=O)CN2CCC(c3nc4cc(Cl)ccc4o3)CC2)c1C. The second-order valence-corrected chi connectivity index (χ2v) is 8.42. The molecule has 1 N–H and O–H groups in total. The maximum absolute atomic E-state index is 12.9. The molecule has 3 aromatic rings. The van der Waals surface area contributed by atoms with E-state index in [1.807, 2.05) is 12.1 Å². The Morgan fingerprint density at radius 1 is 1.29 bits per heavy atom. The Kier molecular flexibility index (Phi) is 6.16. The van der Waals surface area contributed by atoms with Crippen LogP contribution in [0.25, 0.3) is 11.1 Å². The van der Waals surface area contributed by atoms with Crippen molar-refractivity contribution in [2.45, 2.75) is 39.5 Å². The fraction of sp³-hybridized carbons (Fsp3) is 0.435. The Balaban J connectivity index is 1.39. The summed E-state index contributed by atoms with van der Waals surface area (Å²) in [7, 11) is 0. The molecule has 0 amide bonds. The van der Waals surface area contributed by atoms with E-state index < -0.39 is 5.97 Å². The molecule has 7 nitrogen and oxygen atoms in total. The molecule has 0 bridgehead atoms. The first kappa shape index (κ1) is 21.6. The van der Waals surface area contributed by atoms with Crippen LogP contribution in [0, 0.1) is 13.8 Å². The molecule has 0 aliphatic carbocycles. The number of aromatic amines is 1. The summed E-state index contributed by atoms with van der Waals surface area (Å²) >= 11 is 6.04. The van der Waals surface area contributed by atoms with Gasteiger partial charge in [0.2, 0.25) is 0 Å². The predicted molar refractivity (Wildman–Crippen MR) is 118 cm³/mol. The first-order valence-electron chi connectivity index (χ1n) is 10.5. The molecule has 4 rings (SSSR count). The number of nitrogens with one attached hydrogen (secondary N) is 1. The quantitative estimate of drug-likeness (QED) is 0.440. The van der Waals surface area contributed by atoms with E-state index in [1.54, 1.807) is 26.8 Å². The number of carbonyl (C=O) groups excluding carboxylic acids is 2. The molecule has 0 saturated carbocycles. The first-order valence-corrected chi connectivity index (χ1v) is 10.9. The highest BCUT2D eigenvalue weighted by atomic mass is 35.5. The number of piperidine rings is 1. The number of Topliss-reactive ketones (excluding diaryl/α,β-unsaturated/α-hetero) is 1. The summed E-state index contributed by atoms with van der Waals surface area (Å²) in [6, 6.07) is 5.45. The van der Waals surface area contributed by atoms with Crippen LogP contribution in [0.15, 0.2) is 22.6 Å². The lowest BCUT2D eigenvalue weighted by Crippen LogP contribution is -2.37. The van der Waals surface area contributed by atoms with E-state index >= 15 is 0 Å². The highest BCUT2D eigenvalue weighted by molar-refractivity contribution is 6.31. The maximum Gasteiger partial charge on any atom is 0.340 e. The Morgan fingerprint density at radius 3 is 2.74 bits per heavy atom. The number of oxazole rings is 1. The van der Waals surface area contributed by atoms with Crippen molar-refractivity contribution in [3.8, 4) is 0 Å². The molecule has 1 saturated heterocycles. The fourth-order valence-electron chi connectivity index (χ4n) is 4.25. The number of benzene rings is 1. The predicted octanol–water partition coefficient (Wildman–Crippen LogP) is 4.67. The molecule has 0 spiro atoms. The third-order valence-corrected chi connectivity index (χ3v) is 6.10. The summed E-state index contributed by atoms with van der Waals surface area (Å²) in [5.74, 6) is 0.542. The number of rotatable bonds is 6. The van der Waals surface area contributed by atoms with Crippen LogP contribution in [0.4, 0.5) is 0 Å². The number of fused-ring (bicyclic) bond motifs is 1. The zero-order chi connectivity index (χ0) is 22.1. The standard InChI is InChI=1S/C23H26ClN3O4/c1-4-30-23(29)20-13(2)21(25-14(20)3)18(28)12-27-9-7-15(8-10-27)22-26-17-11-16(24)5-6-19(17)31-22/h5-6,11,15,25H,4,7-10,12H2,1-3H3. The van der Waals surface area contributed by atoms with Gasteiger partial charge in [0, 0.05) is 16.6 Å². The van der Waals surface area contributed by atoms with Crippen molar-refractivity contribution >= 4 is 34.5 Å². The van der Waals surface area contributed by atoms with Gasteiger partial charge >= 0.3 is 5.97 Å². The summed E-state index contributed by atoms with van der Waals surface area (Å²) in [6.45, 7) is 7.50. The van der Waals surface area contributed by atoms with Crippen LogP contribution in [-0.2, 0) is 4.74 Å². The van der Waals surface area contributed by atoms with Gasteiger partial charge in [-0.3, -0.25) is 9.69 Å². The van der Waals surface area contributed by atoms with Gasteiger partial charge in [0.1, 0.15) is 5.52 Å². The molecule has 8 heteroatoms. The van der Waals surface area contributed by atoms with E-state index in [9.17, 15) is 9.59 Å². The van der Waals surface area contributed by atoms with Gasteiger partial charge in [-0.05, 0) is 70.5 Å². The number of aromatic nitrogens is 2. The molecule has 0 radical (unpaired) electrons. The number of hydrogen-bond donors (Lipinski definition) is 1. The maximum atomic E-state index is 12.9. The summed E-state index contributed by atoms with van der Waals surface area (Å²) < 4.78 is 11.0. The minimum Gasteiger partial charge on any atom is -0.462 e. The molecule has 2 aromatic heterocycles. The van der Waals surface area contributed by atoms with E-state index in [1.165, 1.54) is 0 Å². The Hall–Kier alpha value is -2.64. The average molecular weight is 444 g/mol. The van der Waals surface area contributed by atoms with Crippen LogP contribution in [0.5, 0.6) is 0 Å². The minimum atomic E-state index is -0.395. The van der Waals surface area contributed by atoms with Gasteiger partial charge in [0.25, 0.3) is 0 Å². The first-order chi connectivity index (χ1) is 14.9. The number of ketones is 1. The molecule has 1 fully saturated rings. The third kappa shape index (κ3) is 4.38. The zero-order valence-corrected chi connectivity index (χ0v) is 18.7. The number of aryl methyl sites for hydroxylation is 1. The molecular formula is C23H26ClN3O4. The lowest BCUT2D eigenvalue weighted by molar-refractivity contribution is 0.0525. The van der Waals surface area contributed by atoms with Gasteiger partial charge in [-0.2, -0.15) is 0 Å². The highest BCUT2D eigenvalue weighted by Gasteiger charge is 2.28. The van der Waals surface area contributed by atoms with Crippen LogP contribution >= 0.6 is 11.6 Å². The summed E-state index contributed by atoms with van der Waals surface area (Å²) in [5, 5.41) is 0.640. The monoisotopic (exact) mass is 443 g/mol. The number of H-pyrrole nitrogens is 1. The van der Waals surface area contributed by atoms with Gasteiger partial charge in [-0.15, -0.1) is 0 Å². The zero-order valence-electron chi connectivity index (χ0n) is 18.0. The fourth-order valence-corrected chi connectivity index (χ4v) is 4.42. The molecule has 0 atom stereocenters. The van der Waals surface area contributed by atoms with Crippen LogP contribution in [0.2, 0.25) is 5.02 Å². The van der Waals surface area contributed by atoms with Gasteiger partial charge in [-0.25, -0.2) is 9.78 Å². The minimum absolute atomic E-state index is 0.0221. The van der Waals surface area contributed by atoms with E-state index in [4.69, 9.17) is 20.8 Å². The summed E-state index contributed by atoms with van der Waals surface area (Å²) in [4.78, 5) is 34.9. The van der Waals surface area contributed by atoms with Crippen LogP contribution < -0.4 is 0 Å². The molecule has 31 heavy (non-hydrogen) atoms. The number of carbonyl (C=O) groups is 2. The van der Waals surface area contributed by atoms with Crippen molar-refractivity contribution in [1.29, 1.82) is 0 Å². The molecular weight excluding hydrogens is 418 g/mol. The van der Waals surface area contributed by atoms with E-state index in [2.05, 4.69) is 14.9 Å². The van der Waals surface area contributed by atoms with Gasteiger partial charge in [-0.1, -0.05) is 11.6 Å². The lowest BCUT2D eigenvalue weighted by Gasteiger charge is -2.29. The molecule has 1 aromatic carbocycles. The van der Waals surface area contributed by atoms with E-state index in [0.29, 0.717) is 40.7 Å². The van der Waals surface area contributed by atoms with Crippen LogP contribution in [0.3, 0.4) is 0 Å². The number of nitrogens with zero attached hydrogens (tertiary/aromatic N) is 2. The van der Waals surface area contributed by atoms with Crippen molar-refractivity contribution in [2.75, 3.05) is 26.2 Å². The van der Waals surface area contributed by atoms with Gasteiger partial charge in [0.05, 0.1) is 24.4 Å². The number of ether oxygens (including phenoxy) is 1. The van der Waals surface area contributed by atoms with E-state index in [0.717, 1.165) is 42.9 Å². The molecule has 164 valence electrons. The largest absolute Gasteiger partial charge is 0.462 e. The van der Waals surface area contributed by atoms with Crippen LogP contribution in [0.1, 0.15) is 63.7 Å². The third-order valence-electron chi connectivity index (χ3n) is 5.87. The van der Waals surface area contributed by atoms with Crippen LogP contribution in [-0.4, -0.2) is 52.9 Å². The number of esters is 1. The van der Waals surface area contributed by atoms with Crippen molar-refractivity contribution < 1.29 is 18.7 Å². The van der Waals surface area contributed by atoms with E-state index in [-0.39, 0.29) is 11.7 Å². The normalized spacial score (nSPS) is 15.5. The molecule has 3 heterocycles. The van der Waals surface area contributed by atoms with Crippen molar-refractivity contribution in [2.24, 2.45) is 0 Å². The highest BCUT2D eigenvalue weighted by Crippen LogP contribution is 2.31. The summed E-state index contributed by atoms with van der Waals surface area (Å²) in [5.41, 5.74) is 3.77. The second-order valence-electron chi connectivity index (χ2n) is 7.98. The number of likely N-dealkylation sites (tertiary alicyclic amines) is 1. The second kappa shape index (κ2) is 8.85. The Labute approximate surface area is 185 Å². The number of halogens is 1. The van der Waals surface area contributed by atoms with Crippen molar-refractivity contribution in [3.63, 3.8) is 0 Å². The average Bonchev–Trinajstić information content (AvgIpc) is 3.28.